The van der Waals surface area contributed by atoms with Crippen molar-refractivity contribution in [3.63, 3.8) is 0 Å². The van der Waals surface area contributed by atoms with E-state index < -0.39 is 11.2 Å². The first kappa shape index (κ1) is 16.9. The van der Waals surface area contributed by atoms with Crippen molar-refractivity contribution in [2.75, 3.05) is 13.1 Å². The first-order valence-electron chi connectivity index (χ1n) is 7.77. The Morgan fingerprint density at radius 1 is 1.13 bits per heavy atom. The molecule has 0 fully saturated rings. The zero-order chi connectivity index (χ0) is 17.1. The molecule has 0 unspecified atom stereocenters. The van der Waals surface area contributed by atoms with Crippen molar-refractivity contribution >= 4 is 16.9 Å². The lowest BCUT2D eigenvalue weighted by atomic mass is 10.2. The molecule has 0 saturated carbocycles. The maximum atomic E-state index is 12.6. The van der Waals surface area contributed by atoms with Crippen LogP contribution in [-0.4, -0.2) is 38.0 Å². The van der Waals surface area contributed by atoms with Gasteiger partial charge in [-0.25, -0.2) is 9.78 Å². The Labute approximate surface area is 134 Å². The molecule has 2 heterocycles. The molecule has 2 aromatic heterocycles. The molecule has 0 spiro atoms. The first-order valence-corrected chi connectivity index (χ1v) is 7.77. The van der Waals surface area contributed by atoms with Gasteiger partial charge in [-0.3, -0.25) is 18.7 Å². The highest BCUT2D eigenvalue weighted by molar-refractivity contribution is 5.96. The molecule has 0 aliphatic heterocycles. The SMILES string of the molecule is CCCN(CCC)C(=O)c1cnc2c(c1)c(=O)n(C)c(=O)n2C. The van der Waals surface area contributed by atoms with Crippen LogP contribution >= 0.6 is 0 Å². The van der Waals surface area contributed by atoms with Crippen molar-refractivity contribution < 1.29 is 4.79 Å². The summed E-state index contributed by atoms with van der Waals surface area (Å²) in [6.45, 7) is 5.35. The summed E-state index contributed by atoms with van der Waals surface area (Å²) < 4.78 is 2.33. The van der Waals surface area contributed by atoms with Crippen molar-refractivity contribution in [1.82, 2.24) is 19.0 Å². The number of aryl methyl sites for hydroxylation is 1. The topological polar surface area (TPSA) is 77.2 Å². The summed E-state index contributed by atoms with van der Waals surface area (Å²) in [7, 11) is 2.97. The molecule has 0 bridgehead atoms. The number of rotatable bonds is 5. The molecule has 124 valence electrons. The lowest BCUT2D eigenvalue weighted by Gasteiger charge is -2.21. The van der Waals surface area contributed by atoms with Gasteiger partial charge >= 0.3 is 5.69 Å². The van der Waals surface area contributed by atoms with E-state index in [1.165, 1.54) is 23.9 Å². The summed E-state index contributed by atoms with van der Waals surface area (Å²) in [5.41, 5.74) is -0.224. The number of nitrogens with zero attached hydrogens (tertiary/aromatic N) is 4. The van der Waals surface area contributed by atoms with Gasteiger partial charge in [-0.05, 0) is 18.9 Å². The molecular weight excluding hydrogens is 296 g/mol. The lowest BCUT2D eigenvalue weighted by molar-refractivity contribution is 0.0755. The van der Waals surface area contributed by atoms with Gasteiger partial charge in [0, 0.05) is 33.4 Å². The third-order valence-electron chi connectivity index (χ3n) is 3.81. The standard InChI is InChI=1S/C16H22N4O3/c1-5-7-20(8-6-2)14(21)11-9-12-13(17-10-11)18(3)16(23)19(4)15(12)22/h9-10H,5-8H2,1-4H3. The monoisotopic (exact) mass is 318 g/mol. The molecule has 23 heavy (non-hydrogen) atoms. The van der Waals surface area contributed by atoms with Gasteiger partial charge in [-0.2, -0.15) is 0 Å². The molecule has 0 atom stereocenters. The van der Waals surface area contributed by atoms with E-state index in [0.717, 1.165) is 17.4 Å². The highest BCUT2D eigenvalue weighted by atomic mass is 16.2. The van der Waals surface area contributed by atoms with Crippen LogP contribution in [0.25, 0.3) is 11.0 Å². The molecule has 2 rings (SSSR count). The van der Waals surface area contributed by atoms with Crippen molar-refractivity contribution in [2.45, 2.75) is 26.7 Å². The minimum absolute atomic E-state index is 0.140. The molecule has 7 nitrogen and oxygen atoms in total. The van der Waals surface area contributed by atoms with E-state index in [-0.39, 0.29) is 16.9 Å². The number of carbonyl (C=O) groups is 1. The van der Waals surface area contributed by atoms with E-state index in [4.69, 9.17) is 0 Å². The molecule has 0 aromatic carbocycles. The predicted octanol–water partition coefficient (Wildman–Crippen LogP) is 0.894. The van der Waals surface area contributed by atoms with Gasteiger partial charge in [-0.1, -0.05) is 13.8 Å². The van der Waals surface area contributed by atoms with Crippen LogP contribution in [0.3, 0.4) is 0 Å². The van der Waals surface area contributed by atoms with E-state index in [1.807, 2.05) is 13.8 Å². The van der Waals surface area contributed by atoms with Crippen LogP contribution in [0.2, 0.25) is 0 Å². The van der Waals surface area contributed by atoms with E-state index in [0.29, 0.717) is 18.7 Å². The summed E-state index contributed by atoms with van der Waals surface area (Å²) in [6.07, 6.45) is 3.16. The molecule has 0 radical (unpaired) electrons. The average Bonchev–Trinajstić information content (AvgIpc) is 2.56. The van der Waals surface area contributed by atoms with Gasteiger partial charge in [-0.15, -0.1) is 0 Å². The number of aromatic nitrogens is 3. The first-order chi connectivity index (χ1) is 10.9. The lowest BCUT2D eigenvalue weighted by Crippen LogP contribution is -2.37. The van der Waals surface area contributed by atoms with Crippen molar-refractivity contribution in [3.05, 3.63) is 38.7 Å². The maximum Gasteiger partial charge on any atom is 0.332 e. The quantitative estimate of drug-likeness (QED) is 0.820. The second-order valence-corrected chi connectivity index (χ2v) is 5.59. The smallest absolute Gasteiger partial charge is 0.332 e. The molecule has 0 saturated heterocycles. The third kappa shape index (κ3) is 3.04. The van der Waals surface area contributed by atoms with Gasteiger partial charge in [0.15, 0.2) is 0 Å². The van der Waals surface area contributed by atoms with Crippen LogP contribution in [0.15, 0.2) is 21.9 Å². The van der Waals surface area contributed by atoms with Crippen molar-refractivity contribution in [1.29, 1.82) is 0 Å². The van der Waals surface area contributed by atoms with Crippen molar-refractivity contribution in [2.24, 2.45) is 14.1 Å². The molecule has 0 aliphatic rings. The summed E-state index contributed by atoms with van der Waals surface area (Å²) in [6, 6.07) is 1.53. The van der Waals surface area contributed by atoms with Crippen molar-refractivity contribution in [3.8, 4) is 0 Å². The summed E-state index contributed by atoms with van der Waals surface area (Å²) >= 11 is 0. The highest BCUT2D eigenvalue weighted by Gasteiger charge is 2.17. The van der Waals surface area contributed by atoms with Crippen LogP contribution in [0.5, 0.6) is 0 Å². The number of hydrogen-bond acceptors (Lipinski definition) is 4. The Bertz CT molecular complexity index is 845. The van der Waals surface area contributed by atoms with E-state index in [1.54, 1.807) is 11.9 Å². The highest BCUT2D eigenvalue weighted by Crippen LogP contribution is 2.11. The Morgan fingerprint density at radius 2 is 1.74 bits per heavy atom. The van der Waals surface area contributed by atoms with Gasteiger partial charge in [0.05, 0.1) is 10.9 Å². The minimum Gasteiger partial charge on any atom is -0.339 e. The van der Waals surface area contributed by atoms with Gasteiger partial charge < -0.3 is 4.90 Å². The minimum atomic E-state index is -0.442. The summed E-state index contributed by atoms with van der Waals surface area (Å²) in [4.78, 5) is 42.7. The molecular formula is C16H22N4O3. The fourth-order valence-corrected chi connectivity index (χ4v) is 2.62. The number of pyridine rings is 1. The Morgan fingerprint density at radius 3 is 2.30 bits per heavy atom. The van der Waals surface area contributed by atoms with E-state index in [2.05, 4.69) is 4.98 Å². The second-order valence-electron chi connectivity index (χ2n) is 5.59. The van der Waals surface area contributed by atoms with Crippen LogP contribution in [-0.2, 0) is 14.1 Å². The van der Waals surface area contributed by atoms with Gasteiger partial charge in [0.1, 0.15) is 5.65 Å². The molecule has 0 N–H and O–H groups in total. The normalized spacial score (nSPS) is 11.0. The summed E-state index contributed by atoms with van der Waals surface area (Å²) in [5.74, 6) is -0.140. The third-order valence-corrected chi connectivity index (χ3v) is 3.81. The zero-order valence-electron chi connectivity index (χ0n) is 14.0. The molecule has 2 aromatic rings. The Kier molecular flexibility index (Phi) is 4.98. The average molecular weight is 318 g/mol. The van der Waals surface area contributed by atoms with Crippen LogP contribution in [0.1, 0.15) is 37.0 Å². The summed E-state index contributed by atoms with van der Waals surface area (Å²) in [5, 5.41) is 0.272. The van der Waals surface area contributed by atoms with Crippen LogP contribution in [0.4, 0.5) is 0 Å². The largest absolute Gasteiger partial charge is 0.339 e. The molecule has 1 amide bonds. The molecule has 0 aliphatic carbocycles. The Balaban J connectivity index is 2.58. The van der Waals surface area contributed by atoms with Gasteiger partial charge in [0.2, 0.25) is 0 Å². The molecule has 7 heteroatoms. The maximum absolute atomic E-state index is 12.6. The fraction of sp³-hybridized carbons (Fsp3) is 0.500. The number of fused-ring (bicyclic) bond motifs is 1. The van der Waals surface area contributed by atoms with Crippen LogP contribution < -0.4 is 11.2 Å². The van der Waals surface area contributed by atoms with E-state index >= 15 is 0 Å². The zero-order valence-corrected chi connectivity index (χ0v) is 14.0. The second kappa shape index (κ2) is 6.76. The fourth-order valence-electron chi connectivity index (χ4n) is 2.62. The predicted molar refractivity (Wildman–Crippen MR) is 88.7 cm³/mol. The number of hydrogen-bond donors (Lipinski definition) is 0. The van der Waals surface area contributed by atoms with Gasteiger partial charge in [0.25, 0.3) is 11.5 Å². The number of carbonyl (C=O) groups excluding carboxylic acids is 1. The Hall–Kier alpha value is -2.44. The van der Waals surface area contributed by atoms with E-state index in [9.17, 15) is 14.4 Å². The number of amides is 1. The van der Waals surface area contributed by atoms with Crippen LogP contribution in [0, 0.1) is 0 Å².